The number of nitrogens with one attached hydrogen (secondary N) is 2. The zero-order valence-electron chi connectivity index (χ0n) is 16.2. The van der Waals surface area contributed by atoms with Crippen LogP contribution in [0.4, 0.5) is 13.2 Å². The topological polar surface area (TPSA) is 73.8 Å². The number of nitrogens with zero attached hydrogens (tertiary/aromatic N) is 2. The summed E-state index contributed by atoms with van der Waals surface area (Å²) in [7, 11) is -3.47. The summed E-state index contributed by atoms with van der Waals surface area (Å²) in [5, 5.41) is 5.85. The largest absolute Gasteiger partial charge is 0.390 e. The first kappa shape index (κ1) is 27.4. The third-order valence-corrected chi connectivity index (χ3v) is 7.27. The maximum atomic E-state index is 12.5. The Hall–Kier alpha value is -0.600. The van der Waals surface area contributed by atoms with E-state index in [-0.39, 0.29) is 30.5 Å². The van der Waals surface area contributed by atoms with Gasteiger partial charge >= 0.3 is 6.18 Å². The fourth-order valence-electron chi connectivity index (χ4n) is 2.26. The zero-order chi connectivity index (χ0) is 20.5. The van der Waals surface area contributed by atoms with Crippen LogP contribution in [-0.2, 0) is 16.4 Å². The predicted octanol–water partition coefficient (Wildman–Crippen LogP) is 3.45. The Morgan fingerprint density at radius 1 is 1.18 bits per heavy atom. The van der Waals surface area contributed by atoms with E-state index < -0.39 is 22.6 Å². The van der Waals surface area contributed by atoms with E-state index in [2.05, 4.69) is 15.6 Å². The van der Waals surface area contributed by atoms with Crippen molar-refractivity contribution in [1.82, 2.24) is 14.9 Å². The average molecular weight is 556 g/mol. The lowest BCUT2D eigenvalue weighted by molar-refractivity contribution is -0.132. The molecular formula is C16H28F3IN4O2S2. The molecule has 0 radical (unpaired) electrons. The minimum absolute atomic E-state index is 0. The Kier molecular flexibility index (Phi) is 12.6. The van der Waals surface area contributed by atoms with Crippen molar-refractivity contribution in [3.63, 3.8) is 0 Å². The van der Waals surface area contributed by atoms with Gasteiger partial charge in [-0.2, -0.15) is 17.5 Å². The molecule has 0 aliphatic rings. The van der Waals surface area contributed by atoms with Gasteiger partial charge < -0.3 is 10.6 Å². The van der Waals surface area contributed by atoms with E-state index in [4.69, 9.17) is 0 Å². The van der Waals surface area contributed by atoms with Gasteiger partial charge in [-0.25, -0.2) is 8.42 Å². The Balaban J connectivity index is 0.00000729. The number of rotatable bonds is 10. The predicted molar refractivity (Wildman–Crippen MR) is 118 cm³/mol. The van der Waals surface area contributed by atoms with Gasteiger partial charge in [0.2, 0.25) is 0 Å². The highest BCUT2D eigenvalue weighted by Crippen LogP contribution is 2.25. The second kappa shape index (κ2) is 12.9. The van der Waals surface area contributed by atoms with Gasteiger partial charge in [0, 0.05) is 31.1 Å². The Labute approximate surface area is 186 Å². The van der Waals surface area contributed by atoms with Crippen molar-refractivity contribution in [3.8, 4) is 0 Å². The van der Waals surface area contributed by atoms with Crippen LogP contribution in [0, 0.1) is 0 Å². The summed E-state index contributed by atoms with van der Waals surface area (Å²) in [6.07, 6.45) is -4.66. The van der Waals surface area contributed by atoms with E-state index in [1.807, 2.05) is 6.92 Å². The fraction of sp³-hybridized carbons (Fsp3) is 0.688. The van der Waals surface area contributed by atoms with Crippen molar-refractivity contribution in [2.45, 2.75) is 44.0 Å². The van der Waals surface area contributed by atoms with E-state index in [0.717, 1.165) is 4.88 Å². The summed E-state index contributed by atoms with van der Waals surface area (Å²) >= 11 is 1.21. The molecule has 6 nitrogen and oxygen atoms in total. The Bertz CT molecular complexity index is 705. The maximum absolute atomic E-state index is 12.5. The van der Waals surface area contributed by atoms with Gasteiger partial charge in [-0.15, -0.1) is 35.3 Å². The van der Waals surface area contributed by atoms with Crippen molar-refractivity contribution in [2.75, 3.05) is 32.7 Å². The first-order valence-electron chi connectivity index (χ1n) is 8.81. The Morgan fingerprint density at radius 3 is 2.36 bits per heavy atom. The standard InChI is InChI=1S/C16H27F3N4O2S2.HI/c1-4-20-15(22-12-10-16(17,18)19)21-11-9-13-7-8-14(26-13)27(24,25)23(5-2)6-3;/h7-8H,4-6,9-12H2,1-3H3,(H2,20,21,22);1H. The number of alkyl halides is 3. The summed E-state index contributed by atoms with van der Waals surface area (Å²) in [6.45, 7) is 6.85. The molecule has 1 aromatic heterocycles. The molecule has 0 aliphatic carbocycles. The number of hydrogen-bond acceptors (Lipinski definition) is 4. The molecule has 12 heteroatoms. The van der Waals surface area contributed by atoms with Crippen LogP contribution in [0.2, 0.25) is 0 Å². The highest BCUT2D eigenvalue weighted by atomic mass is 127. The molecule has 1 heterocycles. The van der Waals surface area contributed by atoms with Gasteiger partial charge in [-0.1, -0.05) is 13.8 Å². The van der Waals surface area contributed by atoms with E-state index in [1.54, 1.807) is 26.0 Å². The van der Waals surface area contributed by atoms with E-state index in [1.165, 1.54) is 15.6 Å². The lowest BCUT2D eigenvalue weighted by Gasteiger charge is -2.16. The van der Waals surface area contributed by atoms with E-state index >= 15 is 0 Å². The van der Waals surface area contributed by atoms with Crippen LogP contribution in [0.25, 0.3) is 0 Å². The first-order valence-corrected chi connectivity index (χ1v) is 11.1. The maximum Gasteiger partial charge on any atom is 0.390 e. The summed E-state index contributed by atoms with van der Waals surface area (Å²) in [4.78, 5) is 4.77. The SMILES string of the molecule is CCNC(=NCCC(F)(F)F)NCCc1ccc(S(=O)(=O)N(CC)CC)s1.I. The van der Waals surface area contributed by atoms with Crippen molar-refractivity contribution in [2.24, 2.45) is 4.99 Å². The summed E-state index contributed by atoms with van der Waals surface area (Å²) in [5.41, 5.74) is 0. The van der Waals surface area contributed by atoms with Crippen LogP contribution in [-0.4, -0.2) is 57.6 Å². The van der Waals surface area contributed by atoms with Crippen LogP contribution >= 0.6 is 35.3 Å². The van der Waals surface area contributed by atoms with Gasteiger partial charge in [0.15, 0.2) is 5.96 Å². The number of guanidine groups is 1. The van der Waals surface area contributed by atoms with Crippen molar-refractivity contribution in [3.05, 3.63) is 17.0 Å². The summed E-state index contributed by atoms with van der Waals surface area (Å²) in [6, 6.07) is 3.35. The molecule has 0 bridgehead atoms. The van der Waals surface area contributed by atoms with Gasteiger partial charge in [-0.3, -0.25) is 4.99 Å². The average Bonchev–Trinajstić information content (AvgIpc) is 3.04. The van der Waals surface area contributed by atoms with Gasteiger partial charge in [-0.05, 0) is 25.5 Å². The highest BCUT2D eigenvalue weighted by molar-refractivity contribution is 14.0. The molecule has 0 amide bonds. The molecule has 0 aromatic carbocycles. The number of halogens is 4. The minimum atomic E-state index is -4.23. The molecule has 1 rings (SSSR count). The zero-order valence-corrected chi connectivity index (χ0v) is 20.1. The fourth-order valence-corrected chi connectivity index (χ4v) is 5.23. The molecular weight excluding hydrogens is 528 g/mol. The number of aliphatic imine (C=N–C) groups is 1. The summed E-state index contributed by atoms with van der Waals surface area (Å²) < 4.78 is 63.3. The molecule has 0 saturated carbocycles. The molecule has 2 N–H and O–H groups in total. The Morgan fingerprint density at radius 2 is 1.82 bits per heavy atom. The molecule has 0 spiro atoms. The van der Waals surface area contributed by atoms with Gasteiger partial charge in [0.05, 0.1) is 13.0 Å². The van der Waals surface area contributed by atoms with Gasteiger partial charge in [0.1, 0.15) is 4.21 Å². The highest BCUT2D eigenvalue weighted by Gasteiger charge is 2.26. The molecule has 0 saturated heterocycles. The third-order valence-electron chi connectivity index (χ3n) is 3.61. The summed E-state index contributed by atoms with van der Waals surface area (Å²) in [5.74, 6) is 0.314. The molecule has 0 aliphatic heterocycles. The second-order valence-corrected chi connectivity index (χ2v) is 8.95. The lowest BCUT2D eigenvalue weighted by atomic mass is 10.3. The van der Waals surface area contributed by atoms with Crippen LogP contribution in [0.15, 0.2) is 21.3 Å². The van der Waals surface area contributed by atoms with Crippen LogP contribution in [0.3, 0.4) is 0 Å². The van der Waals surface area contributed by atoms with Crippen molar-refractivity contribution >= 4 is 51.3 Å². The number of hydrogen-bond donors (Lipinski definition) is 2. The molecule has 0 atom stereocenters. The molecule has 28 heavy (non-hydrogen) atoms. The van der Waals surface area contributed by atoms with Crippen LogP contribution in [0.1, 0.15) is 32.1 Å². The van der Waals surface area contributed by atoms with Gasteiger partial charge in [0.25, 0.3) is 10.0 Å². The second-order valence-electron chi connectivity index (χ2n) is 5.61. The number of thiophene rings is 1. The smallest absolute Gasteiger partial charge is 0.357 e. The number of sulfonamides is 1. The first-order chi connectivity index (χ1) is 12.6. The van der Waals surface area contributed by atoms with E-state index in [9.17, 15) is 21.6 Å². The van der Waals surface area contributed by atoms with E-state index in [0.29, 0.717) is 42.8 Å². The molecule has 164 valence electrons. The van der Waals surface area contributed by atoms with Crippen LogP contribution < -0.4 is 10.6 Å². The van der Waals surface area contributed by atoms with Crippen molar-refractivity contribution < 1.29 is 21.6 Å². The normalized spacial score (nSPS) is 12.8. The molecule has 0 fully saturated rings. The minimum Gasteiger partial charge on any atom is -0.357 e. The molecule has 1 aromatic rings. The van der Waals surface area contributed by atoms with Crippen molar-refractivity contribution in [1.29, 1.82) is 0 Å². The lowest BCUT2D eigenvalue weighted by Crippen LogP contribution is -2.38. The van der Waals surface area contributed by atoms with Crippen LogP contribution in [0.5, 0.6) is 0 Å². The quantitative estimate of drug-likeness (QED) is 0.263. The third kappa shape index (κ3) is 9.27. The molecule has 0 unspecified atom stereocenters. The monoisotopic (exact) mass is 556 g/mol.